The predicted octanol–water partition coefficient (Wildman–Crippen LogP) is 8.98. The number of rotatable bonds is 11. The normalized spacial score (nSPS) is 18.2. The number of aromatic nitrogens is 3. The van der Waals surface area contributed by atoms with Gasteiger partial charge in [0.05, 0.1) is 46.2 Å². The van der Waals surface area contributed by atoms with Crippen LogP contribution < -0.4 is 4.74 Å². The first-order chi connectivity index (χ1) is 26.0. The number of nitrogens with zero attached hydrogens (tertiary/aromatic N) is 5. The van der Waals surface area contributed by atoms with Gasteiger partial charge in [0.2, 0.25) is 0 Å². The highest BCUT2D eigenvalue weighted by Crippen LogP contribution is 2.44. The lowest BCUT2D eigenvalue weighted by Crippen LogP contribution is -2.70. The number of benzene rings is 3. The fraction of sp³-hybridized carbons (Fsp3) is 0.500. The van der Waals surface area contributed by atoms with Crippen molar-refractivity contribution in [2.75, 3.05) is 26.2 Å². The van der Waals surface area contributed by atoms with Gasteiger partial charge in [0.1, 0.15) is 11.4 Å². The first kappa shape index (κ1) is 39.2. The van der Waals surface area contributed by atoms with E-state index in [9.17, 15) is 9.90 Å². The van der Waals surface area contributed by atoms with E-state index >= 15 is 0 Å². The summed E-state index contributed by atoms with van der Waals surface area (Å²) in [6.45, 7) is 19.0. The molecule has 2 bridgehead atoms. The first-order valence-electron chi connectivity index (χ1n) is 19.5. The number of aliphatic hydroxyl groups excluding tert-OH is 1. The molecule has 0 radical (unpaired) electrons. The molecule has 3 unspecified atom stereocenters. The van der Waals surface area contributed by atoms with Crippen molar-refractivity contribution >= 4 is 39.4 Å². The van der Waals surface area contributed by atoms with Gasteiger partial charge in [0.25, 0.3) is 0 Å². The Kier molecular flexibility index (Phi) is 10.8. The molecule has 3 aliphatic heterocycles. The molecular weight excluding hydrogens is 714 g/mol. The zero-order chi connectivity index (χ0) is 39.4. The molecule has 3 atom stereocenters. The summed E-state index contributed by atoms with van der Waals surface area (Å²) in [5.74, 6) is 0.860. The number of aryl methyl sites for hydroxylation is 3. The molecule has 55 heavy (non-hydrogen) atoms. The second-order valence-corrected chi connectivity index (χ2v) is 17.6. The highest BCUT2D eigenvalue weighted by molar-refractivity contribution is 6.35. The number of hydrogen-bond acceptors (Lipinski definition) is 7. The zero-order valence-corrected chi connectivity index (χ0v) is 34.5. The van der Waals surface area contributed by atoms with Crippen LogP contribution in [0.15, 0.2) is 54.6 Å². The van der Waals surface area contributed by atoms with Crippen molar-refractivity contribution < 1.29 is 24.1 Å². The lowest BCUT2D eigenvalue weighted by molar-refractivity contribution is -0.173. The number of carbonyl (C=O) groups is 1. The van der Waals surface area contributed by atoms with Crippen molar-refractivity contribution in [2.45, 2.75) is 111 Å². The molecule has 11 heteroatoms. The number of hydrogen-bond donors (Lipinski definition) is 1. The number of piperazine rings is 1. The van der Waals surface area contributed by atoms with Crippen LogP contribution >= 0.6 is 11.6 Å². The summed E-state index contributed by atoms with van der Waals surface area (Å²) in [6.07, 6.45) is 0.928. The van der Waals surface area contributed by atoms with E-state index in [-0.39, 0.29) is 18.2 Å². The van der Waals surface area contributed by atoms with Crippen LogP contribution in [0.25, 0.3) is 32.8 Å². The molecule has 0 aliphatic carbocycles. The Morgan fingerprint density at radius 3 is 2.31 bits per heavy atom. The SMILES string of the molecule is Cc1nn(C)c(C)c1-c1c(Cl)ccc2c(CCCOc3cccc4ccccc34)c(C(O)OC(C)(C)C)n(CCN3CC4CC(C3)N4C(=O)OC(C)(C)C)c12. The number of carbonyl (C=O) groups excluding carboxylic acids is 1. The molecule has 294 valence electrons. The maximum Gasteiger partial charge on any atom is 0.410 e. The van der Waals surface area contributed by atoms with Gasteiger partial charge >= 0.3 is 6.09 Å². The van der Waals surface area contributed by atoms with E-state index in [4.69, 9.17) is 30.9 Å². The summed E-state index contributed by atoms with van der Waals surface area (Å²) in [6, 6.07) is 18.7. The molecule has 0 spiro atoms. The number of fused-ring (bicyclic) bond motifs is 4. The van der Waals surface area contributed by atoms with Crippen LogP contribution in [-0.4, -0.2) is 84.9 Å². The molecule has 5 aromatic rings. The number of piperidine rings is 1. The monoisotopic (exact) mass is 769 g/mol. The van der Waals surface area contributed by atoms with Gasteiger partial charge in [-0.15, -0.1) is 0 Å². The molecule has 0 saturated carbocycles. The minimum atomic E-state index is -1.19. The quantitative estimate of drug-likeness (QED) is 0.106. The smallest absolute Gasteiger partial charge is 0.410 e. The minimum Gasteiger partial charge on any atom is -0.493 e. The summed E-state index contributed by atoms with van der Waals surface area (Å²) in [5.41, 5.74) is 5.36. The fourth-order valence-electron chi connectivity index (χ4n) is 8.54. The Labute approximate surface area is 329 Å². The van der Waals surface area contributed by atoms with Crippen LogP contribution in [0.5, 0.6) is 5.75 Å². The Morgan fingerprint density at radius 2 is 1.64 bits per heavy atom. The van der Waals surface area contributed by atoms with E-state index in [1.54, 1.807) is 0 Å². The summed E-state index contributed by atoms with van der Waals surface area (Å²) in [4.78, 5) is 17.4. The second kappa shape index (κ2) is 15.1. The standard InChI is InChI=1S/C44H56ClN5O5/c1-27-37(28(2)47(9)46-27)38-35(45)20-19-34-33(17-13-23-53-36-18-12-15-29-14-10-11-16-32(29)36)40(41(51)54-43(3,4)5)49(39(34)38)22-21-48-25-30-24-31(26-48)50(30)42(52)55-44(6,7)8/h10-12,14-16,18-20,30-31,41,51H,13,17,21-26H2,1-9H3. The van der Waals surface area contributed by atoms with E-state index in [1.165, 1.54) is 0 Å². The molecule has 5 heterocycles. The van der Waals surface area contributed by atoms with Gasteiger partial charge < -0.3 is 23.9 Å². The molecular formula is C44H56ClN5O5. The Morgan fingerprint density at radius 1 is 0.927 bits per heavy atom. The van der Waals surface area contributed by atoms with Crippen molar-refractivity contribution in [3.63, 3.8) is 0 Å². The third kappa shape index (κ3) is 7.97. The molecule has 3 aromatic carbocycles. The van der Waals surface area contributed by atoms with Gasteiger partial charge in [-0.05, 0) is 97.7 Å². The van der Waals surface area contributed by atoms with E-state index < -0.39 is 17.5 Å². The van der Waals surface area contributed by atoms with Gasteiger partial charge in [-0.2, -0.15) is 5.10 Å². The topological polar surface area (TPSA) is 94.2 Å². The summed E-state index contributed by atoms with van der Waals surface area (Å²) >= 11 is 7.19. The maximum absolute atomic E-state index is 13.0. The van der Waals surface area contributed by atoms with E-state index in [0.29, 0.717) is 24.6 Å². The van der Waals surface area contributed by atoms with Crippen LogP contribution in [0, 0.1) is 13.8 Å². The van der Waals surface area contributed by atoms with Crippen LogP contribution in [0.2, 0.25) is 5.02 Å². The highest BCUT2D eigenvalue weighted by atomic mass is 35.5. The van der Waals surface area contributed by atoms with E-state index in [0.717, 1.165) is 93.7 Å². The summed E-state index contributed by atoms with van der Waals surface area (Å²) in [5, 5.41) is 20.7. The van der Waals surface area contributed by atoms with Gasteiger partial charge in [-0.1, -0.05) is 54.1 Å². The van der Waals surface area contributed by atoms with Crippen molar-refractivity contribution in [1.82, 2.24) is 24.1 Å². The summed E-state index contributed by atoms with van der Waals surface area (Å²) in [7, 11) is 1.95. The lowest BCUT2D eigenvalue weighted by Gasteiger charge is -2.55. The molecule has 1 N–H and O–H groups in total. The Hall–Kier alpha value is -4.09. The molecule has 1 amide bonds. The van der Waals surface area contributed by atoms with Crippen LogP contribution in [-0.2, 0) is 29.5 Å². The fourth-order valence-corrected chi connectivity index (χ4v) is 8.79. The Balaban J connectivity index is 1.25. The van der Waals surface area contributed by atoms with Gasteiger partial charge in [0, 0.05) is 60.8 Å². The Bertz CT molecular complexity index is 2190. The van der Waals surface area contributed by atoms with Crippen LogP contribution in [0.1, 0.15) is 83.3 Å². The second-order valence-electron chi connectivity index (χ2n) is 17.2. The number of halogens is 1. The molecule has 3 saturated heterocycles. The lowest BCUT2D eigenvalue weighted by atomic mass is 9.88. The van der Waals surface area contributed by atoms with Crippen LogP contribution in [0.4, 0.5) is 4.79 Å². The van der Waals surface area contributed by atoms with Gasteiger partial charge in [0.15, 0.2) is 6.29 Å². The molecule has 2 aromatic heterocycles. The largest absolute Gasteiger partial charge is 0.493 e. The molecule has 3 aliphatic rings. The first-order valence-corrected chi connectivity index (χ1v) is 19.9. The van der Waals surface area contributed by atoms with Crippen molar-refractivity contribution in [1.29, 1.82) is 0 Å². The average molecular weight is 770 g/mol. The highest BCUT2D eigenvalue weighted by Gasteiger charge is 2.48. The van der Waals surface area contributed by atoms with Gasteiger partial charge in [-0.3, -0.25) is 14.5 Å². The molecule has 3 fully saturated rings. The maximum atomic E-state index is 13.0. The van der Waals surface area contributed by atoms with Gasteiger partial charge in [-0.25, -0.2) is 4.79 Å². The van der Waals surface area contributed by atoms with Crippen LogP contribution in [0.3, 0.4) is 0 Å². The van der Waals surface area contributed by atoms with Crippen molar-refractivity contribution in [3.05, 3.63) is 82.3 Å². The molecule has 8 rings (SSSR count). The third-order valence-electron chi connectivity index (χ3n) is 10.9. The number of amides is 1. The third-order valence-corrected chi connectivity index (χ3v) is 11.2. The van der Waals surface area contributed by atoms with Crippen molar-refractivity contribution in [2.24, 2.45) is 7.05 Å². The predicted molar refractivity (Wildman–Crippen MR) is 219 cm³/mol. The average Bonchev–Trinajstić information content (AvgIpc) is 3.55. The number of aliphatic hydroxyl groups is 1. The van der Waals surface area contributed by atoms with E-state index in [2.05, 4.69) is 40.7 Å². The van der Waals surface area contributed by atoms with Crippen molar-refractivity contribution in [3.8, 4) is 16.9 Å². The van der Waals surface area contributed by atoms with E-state index in [1.807, 2.05) is 95.4 Å². The zero-order valence-electron chi connectivity index (χ0n) is 33.8. The summed E-state index contributed by atoms with van der Waals surface area (Å²) < 4.78 is 22.6. The minimum absolute atomic E-state index is 0.118. The number of ether oxygens (including phenoxy) is 3. The molecule has 10 nitrogen and oxygen atoms in total.